The van der Waals surface area contributed by atoms with Crippen molar-refractivity contribution in [3.63, 3.8) is 0 Å². The number of nitrogens with zero attached hydrogens (tertiary/aromatic N) is 1. The lowest BCUT2D eigenvalue weighted by Gasteiger charge is -2.15. The average Bonchev–Trinajstić information content (AvgIpc) is 2.61. The van der Waals surface area contributed by atoms with Gasteiger partial charge in [-0.3, -0.25) is 0 Å². The van der Waals surface area contributed by atoms with E-state index in [1.54, 1.807) is 0 Å². The Bertz CT molecular complexity index is 297. The van der Waals surface area contributed by atoms with Gasteiger partial charge < -0.3 is 4.52 Å². The van der Waals surface area contributed by atoms with Crippen LogP contribution in [0.1, 0.15) is 69.4 Å². The number of aromatic nitrogens is 1. The molecule has 0 radical (unpaired) electrons. The highest BCUT2D eigenvalue weighted by atomic mass is 16.5. The summed E-state index contributed by atoms with van der Waals surface area (Å²) in [7, 11) is 0. The van der Waals surface area contributed by atoms with Gasteiger partial charge in [-0.25, -0.2) is 0 Å². The maximum absolute atomic E-state index is 5.25. The second kappa shape index (κ2) is 7.52. The number of rotatable bonds is 8. The summed E-state index contributed by atoms with van der Waals surface area (Å²) in [5.74, 6) is 1.82. The molecule has 17 heavy (non-hydrogen) atoms. The zero-order chi connectivity index (χ0) is 12.7. The van der Waals surface area contributed by atoms with E-state index < -0.39 is 0 Å². The Labute approximate surface area is 106 Å². The van der Waals surface area contributed by atoms with E-state index in [9.17, 15) is 0 Å². The fraction of sp³-hybridized carbons (Fsp3) is 0.800. The van der Waals surface area contributed by atoms with Crippen molar-refractivity contribution in [1.29, 1.82) is 0 Å². The Morgan fingerprint density at radius 2 is 1.82 bits per heavy atom. The third-order valence-electron chi connectivity index (χ3n) is 3.59. The van der Waals surface area contributed by atoms with E-state index in [2.05, 4.69) is 25.9 Å². The van der Waals surface area contributed by atoms with Crippen molar-refractivity contribution in [2.24, 2.45) is 5.92 Å². The second-order valence-electron chi connectivity index (χ2n) is 5.16. The largest absolute Gasteiger partial charge is 0.361 e. The third kappa shape index (κ3) is 4.53. The standard InChI is InChI=1S/C15H27NO/c1-5-7-8-10-14(9-6-2)11-15-12(3)16-17-13(15)4/h14H,5-11H2,1-4H3. The van der Waals surface area contributed by atoms with Gasteiger partial charge in [-0.05, 0) is 26.2 Å². The molecule has 1 heterocycles. The fourth-order valence-electron chi connectivity index (χ4n) is 2.52. The monoisotopic (exact) mass is 237 g/mol. The molecular weight excluding hydrogens is 210 g/mol. The Hall–Kier alpha value is -0.790. The molecule has 0 aromatic carbocycles. The van der Waals surface area contributed by atoms with Crippen molar-refractivity contribution >= 4 is 0 Å². The first-order valence-electron chi connectivity index (χ1n) is 7.10. The SMILES string of the molecule is CCCCCC(CCC)Cc1c(C)noc1C. The molecule has 1 rings (SSSR count). The van der Waals surface area contributed by atoms with Crippen LogP contribution in [0.15, 0.2) is 4.52 Å². The van der Waals surface area contributed by atoms with E-state index in [4.69, 9.17) is 4.52 Å². The molecule has 0 aliphatic rings. The molecule has 1 atom stereocenters. The molecule has 1 aromatic heterocycles. The van der Waals surface area contributed by atoms with Crippen LogP contribution in [-0.4, -0.2) is 5.16 Å². The topological polar surface area (TPSA) is 26.0 Å². The molecule has 1 aromatic rings. The summed E-state index contributed by atoms with van der Waals surface area (Å²) < 4.78 is 5.25. The van der Waals surface area contributed by atoms with E-state index in [1.807, 2.05) is 6.92 Å². The van der Waals surface area contributed by atoms with Crippen LogP contribution in [0.2, 0.25) is 0 Å². The minimum atomic E-state index is 0.809. The van der Waals surface area contributed by atoms with Gasteiger partial charge in [0.05, 0.1) is 5.69 Å². The smallest absolute Gasteiger partial charge is 0.137 e. The lowest BCUT2D eigenvalue weighted by molar-refractivity contribution is 0.387. The lowest BCUT2D eigenvalue weighted by Crippen LogP contribution is -2.06. The molecule has 0 saturated carbocycles. The quantitative estimate of drug-likeness (QED) is 0.605. The van der Waals surface area contributed by atoms with Crippen molar-refractivity contribution in [1.82, 2.24) is 5.16 Å². The molecule has 0 spiro atoms. The highest BCUT2D eigenvalue weighted by Crippen LogP contribution is 2.24. The highest BCUT2D eigenvalue weighted by Gasteiger charge is 2.15. The van der Waals surface area contributed by atoms with Gasteiger partial charge in [0.2, 0.25) is 0 Å². The predicted octanol–water partition coefficient (Wildman–Crippen LogP) is 4.83. The number of hydrogen-bond acceptors (Lipinski definition) is 2. The van der Waals surface area contributed by atoms with Crippen LogP contribution in [0.3, 0.4) is 0 Å². The van der Waals surface area contributed by atoms with E-state index in [0.717, 1.165) is 23.8 Å². The first kappa shape index (κ1) is 14.3. The van der Waals surface area contributed by atoms with Crippen molar-refractivity contribution in [2.45, 2.75) is 72.6 Å². The molecule has 0 N–H and O–H groups in total. The van der Waals surface area contributed by atoms with Crippen LogP contribution < -0.4 is 0 Å². The van der Waals surface area contributed by atoms with Gasteiger partial charge in [-0.1, -0.05) is 57.5 Å². The highest BCUT2D eigenvalue weighted by molar-refractivity contribution is 5.21. The molecule has 2 heteroatoms. The molecule has 2 nitrogen and oxygen atoms in total. The Morgan fingerprint density at radius 3 is 2.35 bits per heavy atom. The zero-order valence-corrected chi connectivity index (χ0v) is 11.9. The van der Waals surface area contributed by atoms with Crippen molar-refractivity contribution < 1.29 is 4.52 Å². The van der Waals surface area contributed by atoms with Crippen LogP contribution in [0.5, 0.6) is 0 Å². The maximum atomic E-state index is 5.25. The summed E-state index contributed by atoms with van der Waals surface area (Å²) in [5, 5.41) is 4.05. The predicted molar refractivity (Wildman–Crippen MR) is 72.2 cm³/mol. The normalized spacial score (nSPS) is 12.9. The van der Waals surface area contributed by atoms with Gasteiger partial charge in [0.1, 0.15) is 5.76 Å². The Balaban J connectivity index is 2.53. The summed E-state index contributed by atoms with van der Waals surface area (Å²) in [4.78, 5) is 0. The fourth-order valence-corrected chi connectivity index (χ4v) is 2.52. The molecule has 1 unspecified atom stereocenters. The van der Waals surface area contributed by atoms with Gasteiger partial charge in [0.15, 0.2) is 0 Å². The van der Waals surface area contributed by atoms with Gasteiger partial charge >= 0.3 is 0 Å². The summed E-state index contributed by atoms with van der Waals surface area (Å²) in [5.41, 5.74) is 2.43. The van der Waals surface area contributed by atoms with E-state index in [1.165, 1.54) is 44.1 Å². The summed E-state index contributed by atoms with van der Waals surface area (Å²) in [6.07, 6.45) is 9.15. The summed E-state index contributed by atoms with van der Waals surface area (Å²) in [6, 6.07) is 0. The number of aryl methyl sites for hydroxylation is 2. The Kier molecular flexibility index (Phi) is 6.31. The minimum Gasteiger partial charge on any atom is -0.361 e. The van der Waals surface area contributed by atoms with Crippen LogP contribution in [0, 0.1) is 19.8 Å². The molecule has 0 aliphatic heterocycles. The zero-order valence-electron chi connectivity index (χ0n) is 11.9. The van der Waals surface area contributed by atoms with Crippen molar-refractivity contribution in [3.05, 3.63) is 17.0 Å². The minimum absolute atomic E-state index is 0.809. The van der Waals surface area contributed by atoms with Gasteiger partial charge in [0.25, 0.3) is 0 Å². The molecule has 0 aliphatic carbocycles. The lowest BCUT2D eigenvalue weighted by atomic mass is 9.89. The second-order valence-corrected chi connectivity index (χ2v) is 5.16. The number of unbranched alkanes of at least 4 members (excludes halogenated alkanes) is 2. The Morgan fingerprint density at radius 1 is 1.06 bits per heavy atom. The molecular formula is C15H27NO. The third-order valence-corrected chi connectivity index (χ3v) is 3.59. The summed E-state index contributed by atoms with van der Waals surface area (Å²) >= 11 is 0. The molecule has 0 amide bonds. The first-order valence-corrected chi connectivity index (χ1v) is 7.10. The molecule has 0 saturated heterocycles. The molecule has 0 fully saturated rings. The van der Waals surface area contributed by atoms with E-state index in [-0.39, 0.29) is 0 Å². The van der Waals surface area contributed by atoms with Crippen molar-refractivity contribution in [2.75, 3.05) is 0 Å². The molecule has 98 valence electrons. The van der Waals surface area contributed by atoms with Gasteiger partial charge in [-0.15, -0.1) is 0 Å². The first-order chi connectivity index (χ1) is 8.19. The van der Waals surface area contributed by atoms with Crippen molar-refractivity contribution in [3.8, 4) is 0 Å². The van der Waals surface area contributed by atoms with Gasteiger partial charge in [-0.2, -0.15) is 0 Å². The summed E-state index contributed by atoms with van der Waals surface area (Å²) in [6.45, 7) is 8.63. The van der Waals surface area contributed by atoms with Crippen LogP contribution in [-0.2, 0) is 6.42 Å². The van der Waals surface area contributed by atoms with Gasteiger partial charge in [0, 0.05) is 5.56 Å². The van der Waals surface area contributed by atoms with E-state index >= 15 is 0 Å². The average molecular weight is 237 g/mol. The number of hydrogen-bond donors (Lipinski definition) is 0. The van der Waals surface area contributed by atoms with E-state index in [0.29, 0.717) is 0 Å². The maximum Gasteiger partial charge on any atom is 0.137 e. The van der Waals surface area contributed by atoms with Crippen LogP contribution >= 0.6 is 0 Å². The van der Waals surface area contributed by atoms with Crippen LogP contribution in [0.4, 0.5) is 0 Å². The molecule has 0 bridgehead atoms. The van der Waals surface area contributed by atoms with Crippen LogP contribution in [0.25, 0.3) is 0 Å².